The first-order valence-electron chi connectivity index (χ1n) is 5.12. The van der Waals surface area contributed by atoms with Crippen LogP contribution in [0.5, 0.6) is 0 Å². The van der Waals surface area contributed by atoms with Crippen molar-refractivity contribution in [3.05, 3.63) is 28.7 Å². The molecule has 0 fully saturated rings. The van der Waals surface area contributed by atoms with Crippen molar-refractivity contribution in [1.82, 2.24) is 9.78 Å². The van der Waals surface area contributed by atoms with Gasteiger partial charge in [-0.2, -0.15) is 5.10 Å². The third-order valence-electron chi connectivity index (χ3n) is 2.67. The minimum Gasteiger partial charge on any atom is -0.398 e. The Morgan fingerprint density at radius 2 is 1.94 bits per heavy atom. The van der Waals surface area contributed by atoms with Crippen LogP contribution in [0.25, 0.3) is 10.8 Å². The molecule has 2 rings (SSSR count). The Morgan fingerprint density at radius 3 is 2.53 bits per heavy atom. The summed E-state index contributed by atoms with van der Waals surface area (Å²) in [4.78, 5) is 11.9. The van der Waals surface area contributed by atoms with E-state index in [0.29, 0.717) is 21.8 Å². The molecule has 0 spiro atoms. The first-order valence-corrected chi connectivity index (χ1v) is 7.72. The lowest BCUT2D eigenvalue weighted by Gasteiger charge is -2.13. The molecule has 0 bridgehead atoms. The third kappa shape index (κ3) is 1.87. The van der Waals surface area contributed by atoms with Crippen LogP contribution in [-0.4, -0.2) is 23.1 Å². The van der Waals surface area contributed by atoms with Gasteiger partial charge in [-0.1, -0.05) is 0 Å². The lowest BCUT2D eigenvalue weighted by atomic mass is 10.2. The molecular formula is C11H14N3O2P. The van der Waals surface area contributed by atoms with Crippen LogP contribution in [0, 0.1) is 0 Å². The van der Waals surface area contributed by atoms with Crippen LogP contribution in [-0.2, 0) is 11.6 Å². The molecular weight excluding hydrogens is 237 g/mol. The second-order valence-electron chi connectivity index (χ2n) is 4.39. The Labute approximate surface area is 98.6 Å². The standard InChI is InChI=1S/C11H14N3O2P/c1-14-11(15)7-4-5-9(12)10(17(2,3)16)8(7)6-13-14/h4-6H,12H2,1-3H3. The fraction of sp³-hybridized carbons (Fsp3) is 0.273. The number of rotatable bonds is 1. The quantitative estimate of drug-likeness (QED) is 0.599. The number of benzene rings is 1. The van der Waals surface area contributed by atoms with Crippen molar-refractivity contribution in [2.45, 2.75) is 0 Å². The molecule has 0 saturated heterocycles. The zero-order valence-corrected chi connectivity index (χ0v) is 10.9. The number of anilines is 1. The van der Waals surface area contributed by atoms with E-state index in [1.54, 1.807) is 38.7 Å². The van der Waals surface area contributed by atoms with Gasteiger partial charge in [-0.25, -0.2) is 4.68 Å². The molecule has 1 aromatic carbocycles. The average Bonchev–Trinajstić information content (AvgIpc) is 2.21. The first kappa shape index (κ1) is 11.9. The highest BCUT2D eigenvalue weighted by Gasteiger charge is 2.19. The van der Waals surface area contributed by atoms with Crippen molar-refractivity contribution >= 4 is 28.9 Å². The van der Waals surface area contributed by atoms with Crippen molar-refractivity contribution in [2.75, 3.05) is 19.1 Å². The molecule has 0 aliphatic rings. The smallest absolute Gasteiger partial charge is 0.274 e. The number of aryl methyl sites for hydroxylation is 1. The molecule has 17 heavy (non-hydrogen) atoms. The molecule has 0 unspecified atom stereocenters. The second kappa shape index (κ2) is 3.70. The van der Waals surface area contributed by atoms with Crippen molar-refractivity contribution in [2.24, 2.45) is 7.05 Å². The monoisotopic (exact) mass is 251 g/mol. The van der Waals surface area contributed by atoms with Gasteiger partial charge in [-0.15, -0.1) is 0 Å². The van der Waals surface area contributed by atoms with E-state index in [-0.39, 0.29) is 5.56 Å². The maximum absolute atomic E-state index is 12.2. The Kier molecular flexibility index (Phi) is 2.59. The number of hydrogen-bond acceptors (Lipinski definition) is 4. The predicted octanol–water partition coefficient (Wildman–Crippen LogP) is 0.764. The number of fused-ring (bicyclic) bond motifs is 1. The topological polar surface area (TPSA) is 78.0 Å². The Morgan fingerprint density at radius 1 is 1.29 bits per heavy atom. The highest BCUT2D eigenvalue weighted by atomic mass is 31.2. The molecule has 6 heteroatoms. The van der Waals surface area contributed by atoms with Gasteiger partial charge in [0.1, 0.15) is 7.14 Å². The first-order chi connectivity index (χ1) is 7.82. The summed E-state index contributed by atoms with van der Waals surface area (Å²) in [5, 5.41) is 5.57. The van der Waals surface area contributed by atoms with Gasteiger partial charge in [0.2, 0.25) is 0 Å². The predicted molar refractivity (Wildman–Crippen MR) is 70.5 cm³/mol. The molecule has 0 radical (unpaired) electrons. The molecule has 0 atom stereocenters. The van der Waals surface area contributed by atoms with E-state index in [1.807, 2.05) is 0 Å². The van der Waals surface area contributed by atoms with Crippen LogP contribution < -0.4 is 16.6 Å². The summed E-state index contributed by atoms with van der Waals surface area (Å²) in [5.41, 5.74) is 6.09. The molecule has 1 aromatic heterocycles. The summed E-state index contributed by atoms with van der Waals surface area (Å²) < 4.78 is 13.5. The van der Waals surface area contributed by atoms with E-state index in [9.17, 15) is 9.36 Å². The van der Waals surface area contributed by atoms with E-state index in [1.165, 1.54) is 4.68 Å². The summed E-state index contributed by atoms with van der Waals surface area (Å²) in [5.74, 6) is 0. The summed E-state index contributed by atoms with van der Waals surface area (Å²) in [6, 6.07) is 3.27. The Balaban J connectivity index is 3.04. The molecule has 2 aromatic rings. The van der Waals surface area contributed by atoms with Crippen LogP contribution in [0.3, 0.4) is 0 Å². The third-order valence-corrected chi connectivity index (χ3v) is 4.25. The minimum atomic E-state index is -2.55. The van der Waals surface area contributed by atoms with Gasteiger partial charge in [0.15, 0.2) is 0 Å². The lowest BCUT2D eigenvalue weighted by Crippen LogP contribution is -2.22. The zero-order valence-electron chi connectivity index (χ0n) is 9.97. The average molecular weight is 251 g/mol. The van der Waals surface area contributed by atoms with E-state index >= 15 is 0 Å². The van der Waals surface area contributed by atoms with Gasteiger partial charge < -0.3 is 10.3 Å². The Bertz CT molecular complexity index is 700. The van der Waals surface area contributed by atoms with Crippen molar-refractivity contribution in [1.29, 1.82) is 0 Å². The number of nitrogens with zero attached hydrogens (tertiary/aromatic N) is 2. The van der Waals surface area contributed by atoms with Crippen molar-refractivity contribution in [3.63, 3.8) is 0 Å². The maximum Gasteiger partial charge on any atom is 0.274 e. The van der Waals surface area contributed by atoms with Gasteiger partial charge in [0.05, 0.1) is 11.6 Å². The van der Waals surface area contributed by atoms with Crippen molar-refractivity contribution in [3.8, 4) is 0 Å². The molecule has 0 aliphatic carbocycles. The summed E-state index contributed by atoms with van der Waals surface area (Å²) in [6.45, 7) is 3.27. The van der Waals surface area contributed by atoms with Gasteiger partial charge >= 0.3 is 0 Å². The SMILES string of the molecule is Cn1ncc2c(P(C)(C)=O)c(N)ccc2c1=O. The van der Waals surface area contributed by atoms with Crippen LogP contribution in [0.1, 0.15) is 0 Å². The van der Waals surface area contributed by atoms with E-state index in [2.05, 4.69) is 5.10 Å². The van der Waals surface area contributed by atoms with Gasteiger partial charge in [-0.3, -0.25) is 4.79 Å². The number of aromatic nitrogens is 2. The molecule has 5 nitrogen and oxygen atoms in total. The van der Waals surface area contributed by atoms with Crippen LogP contribution in [0.2, 0.25) is 0 Å². The molecule has 2 N–H and O–H groups in total. The van der Waals surface area contributed by atoms with E-state index in [0.717, 1.165) is 0 Å². The van der Waals surface area contributed by atoms with Gasteiger partial charge in [0, 0.05) is 23.4 Å². The normalized spacial score (nSPS) is 11.9. The minimum absolute atomic E-state index is 0.211. The molecule has 0 saturated carbocycles. The number of nitrogen functional groups attached to an aromatic ring is 1. The highest BCUT2D eigenvalue weighted by Crippen LogP contribution is 2.39. The largest absolute Gasteiger partial charge is 0.398 e. The maximum atomic E-state index is 12.2. The Hall–Kier alpha value is -1.61. The van der Waals surface area contributed by atoms with Crippen LogP contribution >= 0.6 is 7.14 Å². The van der Waals surface area contributed by atoms with Gasteiger partial charge in [0.25, 0.3) is 5.56 Å². The number of hydrogen-bond donors (Lipinski definition) is 1. The fourth-order valence-corrected chi connectivity index (χ4v) is 3.37. The molecule has 1 heterocycles. The zero-order chi connectivity index (χ0) is 12.8. The summed E-state index contributed by atoms with van der Waals surface area (Å²) >= 11 is 0. The molecule has 0 amide bonds. The summed E-state index contributed by atoms with van der Waals surface area (Å²) in [7, 11) is -0.971. The highest BCUT2D eigenvalue weighted by molar-refractivity contribution is 7.71. The van der Waals surface area contributed by atoms with E-state index < -0.39 is 7.14 Å². The number of nitrogens with two attached hydrogens (primary N) is 1. The van der Waals surface area contributed by atoms with E-state index in [4.69, 9.17) is 5.73 Å². The van der Waals surface area contributed by atoms with Crippen molar-refractivity contribution < 1.29 is 4.57 Å². The summed E-state index contributed by atoms with van der Waals surface area (Å²) in [6.07, 6.45) is 1.54. The van der Waals surface area contributed by atoms with Crippen LogP contribution in [0.4, 0.5) is 5.69 Å². The fourth-order valence-electron chi connectivity index (χ4n) is 1.91. The molecule has 0 aliphatic heterocycles. The molecule has 90 valence electrons. The lowest BCUT2D eigenvalue weighted by molar-refractivity contribution is 0.588. The second-order valence-corrected chi connectivity index (χ2v) is 7.54. The van der Waals surface area contributed by atoms with Crippen LogP contribution in [0.15, 0.2) is 23.1 Å². The van der Waals surface area contributed by atoms with Gasteiger partial charge in [-0.05, 0) is 25.5 Å².